The van der Waals surface area contributed by atoms with Crippen molar-refractivity contribution in [2.24, 2.45) is 47.3 Å². The third-order valence-corrected chi connectivity index (χ3v) is 5.94. The van der Waals surface area contributed by atoms with Gasteiger partial charge in [0, 0.05) is 0 Å². The molecule has 20 heavy (non-hydrogen) atoms. The molecular weight excluding hydrogens is 256 g/mol. The highest BCUT2D eigenvalue weighted by Gasteiger charge is 2.67. The largest absolute Gasteiger partial charge is 0.469 e. The fraction of sp³-hybridized carbons (Fsp3) is 0.625. The van der Waals surface area contributed by atoms with E-state index in [2.05, 4.69) is 24.3 Å². The van der Waals surface area contributed by atoms with Crippen molar-refractivity contribution in [2.75, 3.05) is 14.2 Å². The van der Waals surface area contributed by atoms with Crippen LogP contribution in [0.5, 0.6) is 0 Å². The van der Waals surface area contributed by atoms with E-state index in [1.54, 1.807) is 0 Å². The van der Waals surface area contributed by atoms with Crippen LogP contribution in [-0.2, 0) is 19.1 Å². The molecule has 0 N–H and O–H groups in total. The van der Waals surface area contributed by atoms with Crippen molar-refractivity contribution in [3.63, 3.8) is 0 Å². The zero-order valence-electron chi connectivity index (χ0n) is 11.6. The van der Waals surface area contributed by atoms with Crippen LogP contribution in [0.4, 0.5) is 0 Å². The molecule has 0 amide bonds. The Morgan fingerprint density at radius 1 is 0.700 bits per heavy atom. The maximum atomic E-state index is 12.1. The molecule has 2 fully saturated rings. The molecule has 106 valence electrons. The van der Waals surface area contributed by atoms with E-state index in [9.17, 15) is 9.59 Å². The standard InChI is InChI=1S/C16H18O4/c1-19-15(17)13-7-3-5-9-11(7)12-8(13)4-6-10(12)14(9)16(18)20-2/h3-14H,1-2H3/t7-,8-,9+,10+,11?,12?,13?,14?. The monoisotopic (exact) mass is 274 g/mol. The number of carbonyl (C=O) groups excluding carboxylic acids is 2. The molecule has 4 nitrogen and oxygen atoms in total. The van der Waals surface area contributed by atoms with Gasteiger partial charge in [-0.2, -0.15) is 0 Å². The topological polar surface area (TPSA) is 52.6 Å². The molecule has 0 aromatic carbocycles. The normalized spacial score (nSPS) is 49.5. The Hall–Kier alpha value is -1.58. The highest BCUT2D eigenvalue weighted by atomic mass is 16.5. The van der Waals surface area contributed by atoms with Crippen molar-refractivity contribution in [1.29, 1.82) is 0 Å². The predicted octanol–water partition coefficient (Wildman–Crippen LogP) is 1.43. The first-order chi connectivity index (χ1) is 9.69. The molecule has 6 atom stereocenters. The average Bonchev–Trinajstić information content (AvgIpc) is 3.15. The Morgan fingerprint density at radius 2 is 1.00 bits per heavy atom. The van der Waals surface area contributed by atoms with Crippen molar-refractivity contribution in [1.82, 2.24) is 0 Å². The number of hydrogen-bond donors (Lipinski definition) is 0. The van der Waals surface area contributed by atoms with Gasteiger partial charge in [-0.3, -0.25) is 9.59 Å². The van der Waals surface area contributed by atoms with Gasteiger partial charge in [0.15, 0.2) is 0 Å². The zero-order valence-corrected chi connectivity index (χ0v) is 11.6. The third-order valence-electron chi connectivity index (χ3n) is 5.94. The Kier molecular flexibility index (Phi) is 2.41. The van der Waals surface area contributed by atoms with E-state index in [1.165, 1.54) is 14.2 Å². The summed E-state index contributed by atoms with van der Waals surface area (Å²) in [6, 6.07) is 0. The Morgan fingerprint density at radius 3 is 1.25 bits per heavy atom. The van der Waals surface area contributed by atoms with Crippen LogP contribution in [0, 0.1) is 47.3 Å². The van der Waals surface area contributed by atoms with Gasteiger partial charge in [-0.05, 0) is 35.5 Å². The quantitative estimate of drug-likeness (QED) is 0.564. The van der Waals surface area contributed by atoms with Crippen LogP contribution in [0.2, 0.25) is 0 Å². The van der Waals surface area contributed by atoms with Gasteiger partial charge in [0.1, 0.15) is 0 Å². The van der Waals surface area contributed by atoms with Crippen molar-refractivity contribution >= 4 is 11.9 Å². The van der Waals surface area contributed by atoms with Crippen molar-refractivity contribution in [3.05, 3.63) is 24.3 Å². The van der Waals surface area contributed by atoms with Gasteiger partial charge in [-0.25, -0.2) is 0 Å². The minimum atomic E-state index is -0.111. The number of carbonyl (C=O) groups is 2. The molecule has 0 bridgehead atoms. The number of ether oxygens (including phenoxy) is 2. The lowest BCUT2D eigenvalue weighted by Crippen LogP contribution is -2.29. The number of methoxy groups -OCH3 is 2. The van der Waals surface area contributed by atoms with Gasteiger partial charge in [0.05, 0.1) is 26.1 Å². The van der Waals surface area contributed by atoms with E-state index >= 15 is 0 Å². The van der Waals surface area contributed by atoms with E-state index in [4.69, 9.17) is 9.47 Å². The van der Waals surface area contributed by atoms with Gasteiger partial charge in [0.25, 0.3) is 0 Å². The lowest BCUT2D eigenvalue weighted by molar-refractivity contribution is -0.148. The van der Waals surface area contributed by atoms with E-state index in [0.717, 1.165) is 0 Å². The molecule has 0 aromatic rings. The molecule has 4 rings (SSSR count). The molecule has 4 aliphatic carbocycles. The fourth-order valence-corrected chi connectivity index (χ4v) is 5.42. The molecule has 0 spiro atoms. The molecular formula is C16H18O4. The minimum Gasteiger partial charge on any atom is -0.469 e. The van der Waals surface area contributed by atoms with Crippen LogP contribution in [0.25, 0.3) is 0 Å². The summed E-state index contributed by atoms with van der Waals surface area (Å²) < 4.78 is 10.00. The summed E-state index contributed by atoms with van der Waals surface area (Å²) in [4.78, 5) is 24.2. The highest BCUT2D eigenvalue weighted by Crippen LogP contribution is 2.67. The summed E-state index contributed by atoms with van der Waals surface area (Å²) in [5.74, 6) is 1.33. The summed E-state index contributed by atoms with van der Waals surface area (Å²) >= 11 is 0. The van der Waals surface area contributed by atoms with Crippen LogP contribution in [0.15, 0.2) is 24.3 Å². The third kappa shape index (κ3) is 1.23. The van der Waals surface area contributed by atoms with Crippen molar-refractivity contribution in [2.45, 2.75) is 0 Å². The van der Waals surface area contributed by atoms with E-state index < -0.39 is 0 Å². The second-order valence-corrected chi connectivity index (χ2v) is 6.33. The van der Waals surface area contributed by atoms with Crippen LogP contribution < -0.4 is 0 Å². The first-order valence-electron chi connectivity index (χ1n) is 7.21. The molecule has 2 saturated carbocycles. The lowest BCUT2D eigenvalue weighted by atomic mass is 9.83. The maximum absolute atomic E-state index is 12.1. The van der Waals surface area contributed by atoms with Crippen molar-refractivity contribution in [3.8, 4) is 0 Å². The number of esters is 2. The second kappa shape index (κ2) is 3.96. The van der Waals surface area contributed by atoms with Gasteiger partial charge >= 0.3 is 11.9 Å². The van der Waals surface area contributed by atoms with Crippen LogP contribution in [-0.4, -0.2) is 26.2 Å². The molecule has 2 unspecified atom stereocenters. The Labute approximate surface area is 117 Å². The molecule has 4 heteroatoms. The molecule has 0 aromatic heterocycles. The minimum absolute atomic E-state index is 0.0731. The van der Waals surface area contributed by atoms with Crippen LogP contribution in [0.1, 0.15) is 0 Å². The summed E-state index contributed by atoms with van der Waals surface area (Å²) in [5, 5.41) is 0. The first kappa shape index (κ1) is 12.2. The van der Waals surface area contributed by atoms with Gasteiger partial charge in [0.2, 0.25) is 0 Å². The fourth-order valence-electron chi connectivity index (χ4n) is 5.42. The van der Waals surface area contributed by atoms with Crippen molar-refractivity contribution < 1.29 is 19.1 Å². The molecule has 0 saturated heterocycles. The highest BCUT2D eigenvalue weighted by molar-refractivity contribution is 5.78. The Balaban J connectivity index is 1.74. The lowest BCUT2D eigenvalue weighted by Gasteiger charge is -2.21. The van der Waals surface area contributed by atoms with Crippen LogP contribution in [0.3, 0.4) is 0 Å². The van der Waals surface area contributed by atoms with E-state index in [1.807, 2.05) is 0 Å². The summed E-state index contributed by atoms with van der Waals surface area (Å²) in [7, 11) is 2.92. The zero-order chi connectivity index (χ0) is 14.0. The smallest absolute Gasteiger partial charge is 0.309 e. The number of allylic oxidation sites excluding steroid dienone is 4. The van der Waals surface area contributed by atoms with Gasteiger partial charge in [-0.1, -0.05) is 24.3 Å². The van der Waals surface area contributed by atoms with E-state index in [-0.39, 0.29) is 47.4 Å². The Bertz CT molecular complexity index is 459. The predicted molar refractivity (Wildman–Crippen MR) is 70.2 cm³/mol. The summed E-state index contributed by atoms with van der Waals surface area (Å²) in [5.41, 5.74) is 0. The summed E-state index contributed by atoms with van der Waals surface area (Å²) in [6.07, 6.45) is 8.54. The SMILES string of the molecule is COC(=O)C1[C@H]2C=C[C@H]3C(C(=O)OC)[C@@H]4C=C[C@H]1C4C23. The molecule has 0 radical (unpaired) electrons. The number of rotatable bonds is 2. The van der Waals surface area contributed by atoms with E-state index in [0.29, 0.717) is 11.8 Å². The molecule has 0 heterocycles. The number of hydrogen-bond acceptors (Lipinski definition) is 4. The average molecular weight is 274 g/mol. The second-order valence-electron chi connectivity index (χ2n) is 6.33. The van der Waals surface area contributed by atoms with Gasteiger partial charge in [-0.15, -0.1) is 0 Å². The molecule has 4 aliphatic rings. The molecule has 0 aliphatic heterocycles. The summed E-state index contributed by atoms with van der Waals surface area (Å²) in [6.45, 7) is 0. The van der Waals surface area contributed by atoms with Gasteiger partial charge < -0.3 is 9.47 Å². The van der Waals surface area contributed by atoms with Crippen LogP contribution >= 0.6 is 0 Å². The first-order valence-corrected chi connectivity index (χ1v) is 7.21. The maximum Gasteiger partial charge on any atom is 0.309 e.